The number of thioether (sulfide) groups is 1. The number of ether oxygens (including phenoxy) is 2. The maximum Gasteiger partial charge on any atom is 0.212 e. The average molecular weight is 334 g/mol. The number of nitrogens with two attached hydrogens (primary N) is 1. The van der Waals surface area contributed by atoms with Crippen LogP contribution in [0.5, 0.6) is 0 Å². The lowest BCUT2D eigenvalue weighted by Gasteiger charge is -2.07. The predicted octanol–water partition coefficient (Wildman–Crippen LogP) is 0.943. The summed E-state index contributed by atoms with van der Waals surface area (Å²) >= 11 is 1.46. The van der Waals surface area contributed by atoms with E-state index in [1.807, 2.05) is 18.2 Å². The molecule has 0 atom stereocenters. The molecule has 0 aliphatic carbocycles. The number of hydrogen-bond acceptors (Lipinski definition) is 6. The molecule has 0 spiro atoms. The largest absolute Gasteiger partial charge is 0.399 e. The quantitative estimate of drug-likeness (QED) is 0.356. The number of rotatable bonds is 11. The molecule has 0 aromatic heterocycles. The van der Waals surface area contributed by atoms with Gasteiger partial charge in [-0.15, -0.1) is 11.8 Å². The zero-order chi connectivity index (χ0) is 15.6. The minimum Gasteiger partial charge on any atom is -0.399 e. The Morgan fingerprint density at radius 1 is 1.29 bits per heavy atom. The SMILES string of the molecule is COCCOCCNS(=O)(=O)CCSc1cccc(N)c1. The van der Waals surface area contributed by atoms with Gasteiger partial charge in [-0.1, -0.05) is 6.07 Å². The van der Waals surface area contributed by atoms with Crippen LogP contribution in [0.25, 0.3) is 0 Å². The van der Waals surface area contributed by atoms with Crippen LogP contribution in [-0.2, 0) is 19.5 Å². The Morgan fingerprint density at radius 3 is 2.81 bits per heavy atom. The van der Waals surface area contributed by atoms with Crippen LogP contribution in [0.4, 0.5) is 5.69 Å². The van der Waals surface area contributed by atoms with Crippen molar-refractivity contribution in [2.45, 2.75) is 4.90 Å². The fourth-order valence-electron chi connectivity index (χ4n) is 1.46. The molecule has 0 saturated heterocycles. The highest BCUT2D eigenvalue weighted by atomic mass is 32.2. The molecule has 1 aromatic carbocycles. The lowest BCUT2D eigenvalue weighted by molar-refractivity contribution is 0.0736. The van der Waals surface area contributed by atoms with E-state index in [4.69, 9.17) is 15.2 Å². The van der Waals surface area contributed by atoms with Gasteiger partial charge in [0.05, 0.1) is 25.6 Å². The Morgan fingerprint density at radius 2 is 2.10 bits per heavy atom. The molecule has 1 aromatic rings. The van der Waals surface area contributed by atoms with E-state index in [1.54, 1.807) is 13.2 Å². The van der Waals surface area contributed by atoms with Crippen LogP contribution in [0.15, 0.2) is 29.2 Å². The molecule has 0 bridgehead atoms. The van der Waals surface area contributed by atoms with Crippen LogP contribution >= 0.6 is 11.8 Å². The van der Waals surface area contributed by atoms with E-state index >= 15 is 0 Å². The monoisotopic (exact) mass is 334 g/mol. The number of sulfonamides is 1. The fraction of sp³-hybridized carbons (Fsp3) is 0.538. The van der Waals surface area contributed by atoms with Gasteiger partial charge in [0.1, 0.15) is 0 Å². The van der Waals surface area contributed by atoms with Crippen LogP contribution in [0.1, 0.15) is 0 Å². The lowest BCUT2D eigenvalue weighted by Crippen LogP contribution is -2.30. The Hall–Kier alpha value is -0.800. The van der Waals surface area contributed by atoms with Crippen LogP contribution in [-0.4, -0.2) is 53.4 Å². The van der Waals surface area contributed by atoms with Crippen LogP contribution in [0.2, 0.25) is 0 Å². The van der Waals surface area contributed by atoms with E-state index in [9.17, 15) is 8.42 Å². The molecule has 3 N–H and O–H groups in total. The van der Waals surface area contributed by atoms with Crippen LogP contribution in [0.3, 0.4) is 0 Å². The minimum absolute atomic E-state index is 0.0601. The molecular weight excluding hydrogens is 312 g/mol. The molecule has 0 saturated carbocycles. The highest BCUT2D eigenvalue weighted by Gasteiger charge is 2.09. The summed E-state index contributed by atoms with van der Waals surface area (Å²) < 4.78 is 36.0. The van der Waals surface area contributed by atoms with Crippen molar-refractivity contribution in [2.24, 2.45) is 0 Å². The van der Waals surface area contributed by atoms with E-state index in [2.05, 4.69) is 4.72 Å². The summed E-state index contributed by atoms with van der Waals surface area (Å²) in [6.07, 6.45) is 0. The molecule has 1 rings (SSSR count). The van der Waals surface area contributed by atoms with E-state index in [0.29, 0.717) is 31.3 Å². The van der Waals surface area contributed by atoms with Gasteiger partial charge in [-0.2, -0.15) is 0 Å². The molecular formula is C13H22N2O4S2. The Kier molecular flexibility index (Phi) is 8.70. The maximum atomic E-state index is 11.7. The van der Waals surface area contributed by atoms with E-state index < -0.39 is 10.0 Å². The summed E-state index contributed by atoms with van der Waals surface area (Å²) in [4.78, 5) is 0.966. The van der Waals surface area contributed by atoms with Gasteiger partial charge >= 0.3 is 0 Å². The lowest BCUT2D eigenvalue weighted by atomic mass is 10.3. The van der Waals surface area contributed by atoms with Crippen molar-refractivity contribution in [2.75, 3.05) is 50.7 Å². The summed E-state index contributed by atoms with van der Waals surface area (Å²) in [6.45, 7) is 1.58. The fourth-order valence-corrected chi connectivity index (χ4v) is 3.84. The number of nitrogens with one attached hydrogen (secondary N) is 1. The Balaban J connectivity index is 2.17. The van der Waals surface area contributed by atoms with Crippen LogP contribution in [0, 0.1) is 0 Å². The van der Waals surface area contributed by atoms with E-state index in [0.717, 1.165) is 4.90 Å². The molecule has 0 radical (unpaired) electrons. The first kappa shape index (κ1) is 18.2. The molecule has 21 heavy (non-hydrogen) atoms. The third-order valence-electron chi connectivity index (χ3n) is 2.48. The summed E-state index contributed by atoms with van der Waals surface area (Å²) in [6, 6.07) is 7.38. The van der Waals surface area contributed by atoms with Gasteiger partial charge in [0, 0.05) is 30.0 Å². The number of benzene rings is 1. The summed E-state index contributed by atoms with van der Waals surface area (Å²) in [5.74, 6) is 0.536. The van der Waals surface area contributed by atoms with E-state index in [-0.39, 0.29) is 12.3 Å². The van der Waals surface area contributed by atoms with Crippen molar-refractivity contribution in [3.63, 3.8) is 0 Å². The van der Waals surface area contributed by atoms with Crippen molar-refractivity contribution in [3.05, 3.63) is 24.3 Å². The zero-order valence-corrected chi connectivity index (χ0v) is 13.7. The summed E-state index contributed by atoms with van der Waals surface area (Å²) in [5.41, 5.74) is 6.34. The number of anilines is 1. The standard InChI is InChI=1S/C13H22N2O4S2/c1-18-7-8-19-6-5-15-21(16,17)10-9-20-13-4-2-3-12(14)11-13/h2-4,11,15H,5-10,14H2,1H3. The topological polar surface area (TPSA) is 90.6 Å². The van der Waals surface area contributed by atoms with Gasteiger partial charge in [0.2, 0.25) is 10.0 Å². The molecule has 120 valence electrons. The predicted molar refractivity (Wildman–Crippen MR) is 86.1 cm³/mol. The van der Waals surface area contributed by atoms with Gasteiger partial charge in [-0.3, -0.25) is 0 Å². The Bertz CT molecular complexity index is 509. The number of nitrogen functional groups attached to an aromatic ring is 1. The minimum atomic E-state index is -3.27. The van der Waals surface area contributed by atoms with Crippen molar-refractivity contribution < 1.29 is 17.9 Å². The molecule has 0 heterocycles. The molecule has 8 heteroatoms. The first-order chi connectivity index (χ1) is 10.0. The second-order valence-corrected chi connectivity index (χ2v) is 7.33. The van der Waals surface area contributed by atoms with Crippen molar-refractivity contribution in [3.8, 4) is 0 Å². The van der Waals surface area contributed by atoms with E-state index in [1.165, 1.54) is 11.8 Å². The maximum absolute atomic E-state index is 11.7. The molecule has 0 amide bonds. The second-order valence-electron chi connectivity index (χ2n) is 4.24. The normalized spacial score (nSPS) is 11.7. The highest BCUT2D eigenvalue weighted by Crippen LogP contribution is 2.20. The van der Waals surface area contributed by atoms with Crippen molar-refractivity contribution in [1.29, 1.82) is 0 Å². The smallest absolute Gasteiger partial charge is 0.212 e. The third kappa shape index (κ3) is 8.94. The van der Waals surface area contributed by atoms with Gasteiger partial charge in [0.25, 0.3) is 0 Å². The highest BCUT2D eigenvalue weighted by molar-refractivity contribution is 8.00. The first-order valence-corrected chi connectivity index (χ1v) is 9.19. The average Bonchev–Trinajstić information content (AvgIpc) is 2.42. The van der Waals surface area contributed by atoms with Gasteiger partial charge in [-0.25, -0.2) is 13.1 Å². The first-order valence-electron chi connectivity index (χ1n) is 6.56. The summed E-state index contributed by atoms with van der Waals surface area (Å²) in [5, 5.41) is 0. The third-order valence-corrected chi connectivity index (χ3v) is 5.12. The van der Waals surface area contributed by atoms with Gasteiger partial charge in [-0.05, 0) is 18.2 Å². The molecule has 0 unspecified atom stereocenters. The van der Waals surface area contributed by atoms with Gasteiger partial charge < -0.3 is 15.2 Å². The molecule has 6 nitrogen and oxygen atoms in total. The second kappa shape index (κ2) is 10.0. The van der Waals surface area contributed by atoms with Crippen LogP contribution < -0.4 is 10.5 Å². The number of methoxy groups -OCH3 is 1. The van der Waals surface area contributed by atoms with Crippen molar-refractivity contribution in [1.82, 2.24) is 4.72 Å². The molecule has 0 aliphatic rings. The zero-order valence-electron chi connectivity index (χ0n) is 12.1. The molecule has 0 fully saturated rings. The Labute approximate surface area is 130 Å². The molecule has 0 aliphatic heterocycles. The summed E-state index contributed by atoms with van der Waals surface area (Å²) in [7, 11) is -1.68. The van der Waals surface area contributed by atoms with Gasteiger partial charge in [0.15, 0.2) is 0 Å². The number of hydrogen-bond donors (Lipinski definition) is 2. The van der Waals surface area contributed by atoms with Crippen molar-refractivity contribution >= 4 is 27.5 Å².